The number of aromatic amines is 1. The molecule has 0 saturated heterocycles. The van der Waals surface area contributed by atoms with E-state index in [1.54, 1.807) is 0 Å². The van der Waals surface area contributed by atoms with Crippen molar-refractivity contribution in [1.82, 2.24) is 15.4 Å². The summed E-state index contributed by atoms with van der Waals surface area (Å²) in [5.41, 5.74) is 3.93. The zero-order valence-corrected chi connectivity index (χ0v) is 7.94. The van der Waals surface area contributed by atoms with E-state index in [9.17, 15) is 0 Å². The van der Waals surface area contributed by atoms with Gasteiger partial charge >= 0.3 is 0 Å². The zero-order valence-electron chi connectivity index (χ0n) is 7.94. The van der Waals surface area contributed by atoms with Crippen molar-refractivity contribution in [3.63, 3.8) is 0 Å². The van der Waals surface area contributed by atoms with E-state index in [0.717, 1.165) is 22.2 Å². The minimum atomic E-state index is 0.889. The summed E-state index contributed by atoms with van der Waals surface area (Å²) in [5.74, 6) is 0. The van der Waals surface area contributed by atoms with Crippen LogP contribution in [0, 0.1) is 6.07 Å². The number of aromatic nitrogens is 3. The number of H-pyrrole nitrogens is 1. The summed E-state index contributed by atoms with van der Waals surface area (Å²) >= 11 is 0. The molecule has 1 heterocycles. The molecule has 3 rings (SSSR count). The fourth-order valence-electron chi connectivity index (χ4n) is 1.65. The largest absolute Gasteiger partial charge is 0.258 e. The molecule has 71 valence electrons. The summed E-state index contributed by atoms with van der Waals surface area (Å²) in [6.07, 6.45) is 0. The molecule has 15 heavy (non-hydrogen) atoms. The molecule has 3 aromatic rings. The number of fused-ring (bicyclic) bond motifs is 1. The lowest BCUT2D eigenvalue weighted by atomic mass is 10.0. The Labute approximate surface area is 86.8 Å². The highest BCUT2D eigenvalue weighted by molar-refractivity contribution is 5.90. The number of benzene rings is 2. The van der Waals surface area contributed by atoms with Crippen molar-refractivity contribution in [1.29, 1.82) is 0 Å². The van der Waals surface area contributed by atoms with Crippen LogP contribution in [0.15, 0.2) is 42.5 Å². The first kappa shape index (κ1) is 8.17. The Morgan fingerprint density at radius 1 is 1.07 bits per heavy atom. The molecule has 0 bridgehead atoms. The third-order valence-electron chi connectivity index (χ3n) is 2.36. The summed E-state index contributed by atoms with van der Waals surface area (Å²) in [6, 6.07) is 17.0. The lowest BCUT2D eigenvalue weighted by Gasteiger charge is -2.00. The third-order valence-corrected chi connectivity index (χ3v) is 2.36. The van der Waals surface area contributed by atoms with Crippen LogP contribution in [0.1, 0.15) is 0 Å². The van der Waals surface area contributed by atoms with Gasteiger partial charge in [-0.15, -0.1) is 5.10 Å². The molecule has 1 aromatic heterocycles. The summed E-state index contributed by atoms with van der Waals surface area (Å²) in [5, 5.41) is 10.7. The molecule has 3 heteroatoms. The Morgan fingerprint density at radius 3 is 2.93 bits per heavy atom. The van der Waals surface area contributed by atoms with Gasteiger partial charge in [0.15, 0.2) is 0 Å². The molecule has 0 unspecified atom stereocenters. The van der Waals surface area contributed by atoms with E-state index in [1.807, 2.05) is 42.5 Å². The van der Waals surface area contributed by atoms with Crippen molar-refractivity contribution >= 4 is 11.0 Å². The predicted molar refractivity (Wildman–Crippen MR) is 58.2 cm³/mol. The molecule has 3 nitrogen and oxygen atoms in total. The molecule has 0 atom stereocenters. The van der Waals surface area contributed by atoms with Gasteiger partial charge < -0.3 is 0 Å². The first-order valence-corrected chi connectivity index (χ1v) is 4.72. The standard InChI is InChI=1S/C12H8N3/c1-2-5-9(6-3-1)10-7-4-8-11-12(10)14-15-13-11/h1-5,7-8H,(H,13,14,15). The summed E-state index contributed by atoms with van der Waals surface area (Å²) in [4.78, 5) is 0. The topological polar surface area (TPSA) is 41.6 Å². The summed E-state index contributed by atoms with van der Waals surface area (Å²) < 4.78 is 0. The number of hydrogen-bond donors (Lipinski definition) is 1. The van der Waals surface area contributed by atoms with Crippen LogP contribution in [0.2, 0.25) is 0 Å². The van der Waals surface area contributed by atoms with E-state index in [0.29, 0.717) is 0 Å². The van der Waals surface area contributed by atoms with Gasteiger partial charge in [0.05, 0.1) is 5.52 Å². The van der Waals surface area contributed by atoms with E-state index in [2.05, 4.69) is 21.5 Å². The van der Waals surface area contributed by atoms with Gasteiger partial charge in [-0.3, -0.25) is 5.10 Å². The molecule has 2 aromatic carbocycles. The first-order chi connectivity index (χ1) is 7.45. The van der Waals surface area contributed by atoms with Crippen molar-refractivity contribution in [3.8, 4) is 11.1 Å². The van der Waals surface area contributed by atoms with Crippen LogP contribution >= 0.6 is 0 Å². The molecule has 0 aliphatic heterocycles. The van der Waals surface area contributed by atoms with Crippen molar-refractivity contribution in [2.75, 3.05) is 0 Å². The van der Waals surface area contributed by atoms with Gasteiger partial charge in [0.1, 0.15) is 5.52 Å². The molecule has 0 fully saturated rings. The SMILES string of the molecule is [c]1ccccc1-c1cccc2[nH]nnc12. The number of hydrogen-bond acceptors (Lipinski definition) is 2. The number of nitrogens with zero attached hydrogens (tertiary/aromatic N) is 2. The van der Waals surface area contributed by atoms with E-state index < -0.39 is 0 Å². The quantitative estimate of drug-likeness (QED) is 0.646. The van der Waals surface area contributed by atoms with Gasteiger partial charge in [0, 0.05) is 5.56 Å². The fourth-order valence-corrected chi connectivity index (χ4v) is 1.65. The molecular formula is C12H8N3. The molecule has 0 amide bonds. The Balaban J connectivity index is 2.31. The lowest BCUT2D eigenvalue weighted by Crippen LogP contribution is -1.80. The van der Waals surface area contributed by atoms with E-state index in [-0.39, 0.29) is 0 Å². The maximum absolute atomic E-state index is 4.07. The second-order valence-electron chi connectivity index (χ2n) is 3.29. The fraction of sp³-hybridized carbons (Fsp3) is 0. The monoisotopic (exact) mass is 194 g/mol. The van der Waals surface area contributed by atoms with Crippen molar-refractivity contribution in [2.24, 2.45) is 0 Å². The van der Waals surface area contributed by atoms with E-state index >= 15 is 0 Å². The van der Waals surface area contributed by atoms with Crippen molar-refractivity contribution < 1.29 is 0 Å². The van der Waals surface area contributed by atoms with Gasteiger partial charge in [-0.25, -0.2) is 0 Å². The zero-order chi connectivity index (χ0) is 10.1. The van der Waals surface area contributed by atoms with E-state index in [1.165, 1.54) is 0 Å². The highest BCUT2D eigenvalue weighted by Gasteiger charge is 2.05. The molecule has 1 N–H and O–H groups in total. The highest BCUT2D eigenvalue weighted by atomic mass is 15.3. The van der Waals surface area contributed by atoms with Crippen LogP contribution in [-0.2, 0) is 0 Å². The normalized spacial score (nSPS) is 10.7. The Hall–Kier alpha value is -2.16. The third kappa shape index (κ3) is 1.29. The minimum Gasteiger partial charge on any atom is -0.258 e. The van der Waals surface area contributed by atoms with Crippen LogP contribution in [0.25, 0.3) is 22.2 Å². The average molecular weight is 194 g/mol. The van der Waals surface area contributed by atoms with Crippen LogP contribution in [-0.4, -0.2) is 15.4 Å². The Bertz CT molecular complexity index is 584. The summed E-state index contributed by atoms with van der Waals surface area (Å²) in [6.45, 7) is 0. The second kappa shape index (κ2) is 3.20. The lowest BCUT2D eigenvalue weighted by molar-refractivity contribution is 0.959. The second-order valence-corrected chi connectivity index (χ2v) is 3.29. The molecule has 0 spiro atoms. The molecule has 0 aliphatic carbocycles. The van der Waals surface area contributed by atoms with Crippen LogP contribution in [0.5, 0.6) is 0 Å². The van der Waals surface area contributed by atoms with Crippen LogP contribution < -0.4 is 0 Å². The van der Waals surface area contributed by atoms with Gasteiger partial charge in [-0.2, -0.15) is 0 Å². The summed E-state index contributed by atoms with van der Waals surface area (Å²) in [7, 11) is 0. The number of rotatable bonds is 1. The molecule has 0 aliphatic rings. The molecule has 0 saturated carbocycles. The maximum atomic E-state index is 4.07. The van der Waals surface area contributed by atoms with Crippen molar-refractivity contribution in [2.45, 2.75) is 0 Å². The predicted octanol–water partition coefficient (Wildman–Crippen LogP) is 2.43. The minimum absolute atomic E-state index is 0.889. The highest BCUT2D eigenvalue weighted by Crippen LogP contribution is 2.24. The van der Waals surface area contributed by atoms with Gasteiger partial charge in [-0.05, 0) is 17.7 Å². The first-order valence-electron chi connectivity index (χ1n) is 4.72. The smallest absolute Gasteiger partial charge is 0.120 e. The Morgan fingerprint density at radius 2 is 2.07 bits per heavy atom. The maximum Gasteiger partial charge on any atom is 0.120 e. The van der Waals surface area contributed by atoms with Gasteiger partial charge in [0.25, 0.3) is 0 Å². The Kier molecular flexibility index (Phi) is 1.75. The number of nitrogens with one attached hydrogen (secondary N) is 1. The van der Waals surface area contributed by atoms with Crippen LogP contribution in [0.4, 0.5) is 0 Å². The van der Waals surface area contributed by atoms with Crippen LogP contribution in [0.3, 0.4) is 0 Å². The van der Waals surface area contributed by atoms with Gasteiger partial charge in [0.2, 0.25) is 0 Å². The van der Waals surface area contributed by atoms with E-state index in [4.69, 9.17) is 0 Å². The average Bonchev–Trinajstić information content (AvgIpc) is 2.78. The van der Waals surface area contributed by atoms with Crippen molar-refractivity contribution in [3.05, 3.63) is 48.5 Å². The molecular weight excluding hydrogens is 186 g/mol. The van der Waals surface area contributed by atoms with Gasteiger partial charge in [-0.1, -0.05) is 41.6 Å². The molecule has 1 radical (unpaired) electrons.